The summed E-state index contributed by atoms with van der Waals surface area (Å²) in [5.41, 5.74) is 0. The van der Waals surface area contributed by atoms with Crippen molar-refractivity contribution >= 4 is 18.4 Å². The second-order valence-electron chi connectivity index (χ2n) is 6.99. The number of ether oxygens (including phenoxy) is 1. The van der Waals surface area contributed by atoms with E-state index in [1.54, 1.807) is 0 Å². The molecule has 2 atom stereocenters. The number of likely N-dealkylation sites (tertiary alicyclic amines) is 1. The minimum atomic E-state index is 0. The molecule has 0 spiro atoms. The molecule has 1 saturated carbocycles. The van der Waals surface area contributed by atoms with E-state index < -0.39 is 0 Å². The third-order valence-electron chi connectivity index (χ3n) is 5.42. The molecule has 3 nitrogen and oxygen atoms in total. The van der Waals surface area contributed by atoms with E-state index in [9.17, 15) is 4.79 Å². The first kappa shape index (κ1) is 19.8. The molecule has 0 radical (unpaired) electrons. The third-order valence-corrected chi connectivity index (χ3v) is 5.42. The zero-order valence-electron chi connectivity index (χ0n) is 14.4. The number of hydrogen-bond acceptors (Lipinski definition) is 3. The number of rotatable bonds is 8. The Kier molecular flexibility index (Phi) is 9.42. The van der Waals surface area contributed by atoms with Crippen molar-refractivity contribution in [3.63, 3.8) is 0 Å². The third kappa shape index (κ3) is 5.73. The molecule has 0 aromatic carbocycles. The molecule has 4 heteroatoms. The van der Waals surface area contributed by atoms with E-state index in [4.69, 9.17) is 4.74 Å². The van der Waals surface area contributed by atoms with Gasteiger partial charge in [-0.15, -0.1) is 12.4 Å². The van der Waals surface area contributed by atoms with E-state index in [0.29, 0.717) is 18.6 Å². The van der Waals surface area contributed by atoms with Crippen LogP contribution in [0.25, 0.3) is 0 Å². The van der Waals surface area contributed by atoms with Crippen molar-refractivity contribution in [1.82, 2.24) is 4.90 Å². The standard InChI is InChI=1S/C18H33NO2.ClH/c1-3-8-17(16-9-4-5-10-16)18(20)21-14-11-15(2)19-12-6-7-13-19;/h15-17H,3-14H2,1-2H3;1H. The highest BCUT2D eigenvalue weighted by Gasteiger charge is 2.31. The van der Waals surface area contributed by atoms with Crippen LogP contribution >= 0.6 is 12.4 Å². The summed E-state index contributed by atoms with van der Waals surface area (Å²) in [5.74, 6) is 0.838. The van der Waals surface area contributed by atoms with Crippen LogP contribution in [0.5, 0.6) is 0 Å². The number of halogens is 1. The average Bonchev–Trinajstić information content (AvgIpc) is 3.17. The van der Waals surface area contributed by atoms with Crippen molar-refractivity contribution in [2.75, 3.05) is 19.7 Å². The maximum absolute atomic E-state index is 12.4. The highest BCUT2D eigenvalue weighted by atomic mass is 35.5. The number of carbonyl (C=O) groups excluding carboxylic acids is 1. The zero-order valence-corrected chi connectivity index (χ0v) is 15.2. The van der Waals surface area contributed by atoms with Crippen molar-refractivity contribution < 1.29 is 9.53 Å². The fourth-order valence-electron chi connectivity index (χ4n) is 4.02. The lowest BCUT2D eigenvalue weighted by atomic mass is 9.87. The molecule has 0 aromatic heterocycles. The number of nitrogens with zero attached hydrogens (tertiary/aromatic N) is 1. The van der Waals surface area contributed by atoms with Crippen molar-refractivity contribution in [1.29, 1.82) is 0 Å². The molecule has 1 saturated heterocycles. The lowest BCUT2D eigenvalue weighted by molar-refractivity contribution is -0.151. The van der Waals surface area contributed by atoms with E-state index >= 15 is 0 Å². The van der Waals surface area contributed by atoms with Gasteiger partial charge in [-0.3, -0.25) is 4.79 Å². The number of carbonyl (C=O) groups is 1. The fraction of sp³-hybridized carbons (Fsp3) is 0.944. The largest absolute Gasteiger partial charge is 0.465 e. The van der Waals surface area contributed by atoms with Gasteiger partial charge < -0.3 is 9.64 Å². The van der Waals surface area contributed by atoms with Crippen LogP contribution in [0.4, 0.5) is 0 Å². The second kappa shape index (κ2) is 10.5. The highest BCUT2D eigenvalue weighted by Crippen LogP contribution is 2.34. The predicted octanol–water partition coefficient (Wildman–Crippen LogP) is 4.43. The molecule has 2 unspecified atom stereocenters. The Morgan fingerprint density at radius 3 is 2.36 bits per heavy atom. The summed E-state index contributed by atoms with van der Waals surface area (Å²) in [6.45, 7) is 7.47. The highest BCUT2D eigenvalue weighted by molar-refractivity contribution is 5.85. The van der Waals surface area contributed by atoms with Gasteiger partial charge in [-0.25, -0.2) is 0 Å². The molecule has 1 heterocycles. The van der Waals surface area contributed by atoms with Crippen molar-refractivity contribution in [3.8, 4) is 0 Å². The van der Waals surface area contributed by atoms with E-state index in [0.717, 1.165) is 19.3 Å². The molecule has 0 aromatic rings. The molecule has 0 amide bonds. The van der Waals surface area contributed by atoms with Crippen LogP contribution in [0.15, 0.2) is 0 Å². The molecule has 2 fully saturated rings. The van der Waals surface area contributed by atoms with E-state index in [1.165, 1.54) is 51.6 Å². The first-order valence-electron chi connectivity index (χ1n) is 9.13. The van der Waals surface area contributed by atoms with Crippen molar-refractivity contribution in [3.05, 3.63) is 0 Å². The first-order chi connectivity index (χ1) is 10.2. The Morgan fingerprint density at radius 1 is 1.14 bits per heavy atom. The summed E-state index contributed by atoms with van der Waals surface area (Å²) in [6, 6.07) is 0.552. The minimum Gasteiger partial charge on any atom is -0.465 e. The van der Waals surface area contributed by atoms with Crippen LogP contribution in [0.1, 0.15) is 71.6 Å². The van der Waals surface area contributed by atoms with Gasteiger partial charge in [-0.2, -0.15) is 0 Å². The Hall–Kier alpha value is -0.280. The first-order valence-corrected chi connectivity index (χ1v) is 9.13. The van der Waals surface area contributed by atoms with Crippen LogP contribution in [0, 0.1) is 11.8 Å². The quantitative estimate of drug-likeness (QED) is 0.616. The molecular formula is C18H34ClNO2. The van der Waals surface area contributed by atoms with Crippen molar-refractivity contribution in [2.24, 2.45) is 11.8 Å². The minimum absolute atomic E-state index is 0. The normalized spacial score (nSPS) is 22.3. The lowest BCUT2D eigenvalue weighted by Gasteiger charge is -2.25. The van der Waals surface area contributed by atoms with Gasteiger partial charge in [0.1, 0.15) is 0 Å². The maximum atomic E-state index is 12.4. The maximum Gasteiger partial charge on any atom is 0.309 e. The summed E-state index contributed by atoms with van der Waals surface area (Å²) in [6.07, 6.45) is 10.8. The molecule has 130 valence electrons. The molecule has 2 aliphatic rings. The molecule has 22 heavy (non-hydrogen) atoms. The van der Waals surface area contributed by atoms with Gasteiger partial charge in [0.05, 0.1) is 12.5 Å². The van der Waals surface area contributed by atoms with E-state index in [2.05, 4.69) is 18.7 Å². The molecular weight excluding hydrogens is 298 g/mol. The molecule has 1 aliphatic heterocycles. The van der Waals surface area contributed by atoms with Crippen molar-refractivity contribution in [2.45, 2.75) is 77.7 Å². The van der Waals surface area contributed by atoms with E-state index in [1.807, 2.05) is 0 Å². The fourth-order valence-corrected chi connectivity index (χ4v) is 4.02. The zero-order chi connectivity index (χ0) is 15.1. The predicted molar refractivity (Wildman–Crippen MR) is 93.4 cm³/mol. The van der Waals surface area contributed by atoms with Gasteiger partial charge in [-0.1, -0.05) is 26.2 Å². The second-order valence-corrected chi connectivity index (χ2v) is 6.99. The average molecular weight is 332 g/mol. The van der Waals surface area contributed by atoms with Crippen LogP contribution in [0.3, 0.4) is 0 Å². The van der Waals surface area contributed by atoms with Gasteiger partial charge in [-0.05, 0) is 64.5 Å². The van der Waals surface area contributed by atoms with Gasteiger partial charge in [0.25, 0.3) is 0 Å². The van der Waals surface area contributed by atoms with Gasteiger partial charge in [0, 0.05) is 6.04 Å². The van der Waals surface area contributed by atoms with Crippen LogP contribution in [-0.4, -0.2) is 36.6 Å². The smallest absolute Gasteiger partial charge is 0.309 e. The SMILES string of the molecule is CCCC(C(=O)OCCC(C)N1CCCC1)C1CCCC1.Cl. The van der Waals surface area contributed by atoms with Gasteiger partial charge in [0.15, 0.2) is 0 Å². The van der Waals surface area contributed by atoms with Crippen LogP contribution in [-0.2, 0) is 9.53 Å². The monoisotopic (exact) mass is 331 g/mol. The summed E-state index contributed by atoms with van der Waals surface area (Å²) in [7, 11) is 0. The topological polar surface area (TPSA) is 29.5 Å². The van der Waals surface area contributed by atoms with Gasteiger partial charge >= 0.3 is 5.97 Å². The summed E-state index contributed by atoms with van der Waals surface area (Å²) >= 11 is 0. The Bertz CT molecular complexity index is 312. The molecule has 1 aliphatic carbocycles. The lowest BCUT2D eigenvalue weighted by Crippen LogP contribution is -2.32. The summed E-state index contributed by atoms with van der Waals surface area (Å²) < 4.78 is 5.63. The van der Waals surface area contributed by atoms with Crippen LogP contribution < -0.4 is 0 Å². The summed E-state index contributed by atoms with van der Waals surface area (Å²) in [5, 5.41) is 0. The number of esters is 1. The Labute approximate surface area is 142 Å². The molecule has 2 rings (SSSR count). The summed E-state index contributed by atoms with van der Waals surface area (Å²) in [4.78, 5) is 14.9. The Balaban J connectivity index is 0.00000242. The molecule has 0 bridgehead atoms. The number of hydrogen-bond donors (Lipinski definition) is 0. The molecule has 0 N–H and O–H groups in total. The van der Waals surface area contributed by atoms with Gasteiger partial charge in [0.2, 0.25) is 0 Å². The Morgan fingerprint density at radius 2 is 1.77 bits per heavy atom. The van der Waals surface area contributed by atoms with E-state index in [-0.39, 0.29) is 24.3 Å². The van der Waals surface area contributed by atoms with Crippen LogP contribution in [0.2, 0.25) is 0 Å².